The molecule has 0 saturated carbocycles. The van der Waals surface area contributed by atoms with E-state index in [-0.39, 0.29) is 59.0 Å². The largest absolute Gasteiger partial charge is 0.500 e. The summed E-state index contributed by atoms with van der Waals surface area (Å²) in [5, 5.41) is 3.63. The average Bonchev–Trinajstić information content (AvgIpc) is 3.77. The molecule has 4 heteroatoms. The molecular formula is C60H52IrN2O-2. The Balaban J connectivity index is 0.000000230. The molecule has 0 spiro atoms. The molecule has 0 aliphatic rings. The Morgan fingerprint density at radius 2 is 1.25 bits per heavy atom. The van der Waals surface area contributed by atoms with Gasteiger partial charge in [0.05, 0.1) is 5.58 Å². The minimum Gasteiger partial charge on any atom is -0.500 e. The third kappa shape index (κ3) is 9.13. The fourth-order valence-electron chi connectivity index (χ4n) is 7.83. The first-order valence-electron chi connectivity index (χ1n) is 27.6. The zero-order chi connectivity index (χ0) is 55.6. The molecule has 0 saturated heterocycles. The van der Waals surface area contributed by atoms with Crippen LogP contribution in [0, 0.1) is 51.9 Å². The predicted molar refractivity (Wildman–Crippen MR) is 265 cm³/mol. The summed E-state index contributed by atoms with van der Waals surface area (Å²) < 4.78 is 122. The molecular weight excluding hydrogens is 957 g/mol. The van der Waals surface area contributed by atoms with Gasteiger partial charge >= 0.3 is 0 Å². The molecule has 0 N–H and O–H groups in total. The minimum absolute atomic E-state index is 0. The van der Waals surface area contributed by atoms with E-state index in [1.54, 1.807) is 42.6 Å². The number of furan rings is 1. The third-order valence-electron chi connectivity index (χ3n) is 10.9. The van der Waals surface area contributed by atoms with Crippen molar-refractivity contribution in [1.82, 2.24) is 9.97 Å². The zero-order valence-corrected chi connectivity index (χ0v) is 38.0. The van der Waals surface area contributed by atoms with Crippen LogP contribution in [0.25, 0.3) is 88.6 Å². The summed E-state index contributed by atoms with van der Waals surface area (Å²) >= 11 is 0. The molecule has 0 unspecified atom stereocenters. The molecule has 0 fully saturated rings. The second kappa shape index (κ2) is 18.3. The van der Waals surface area contributed by atoms with Crippen molar-refractivity contribution in [2.24, 2.45) is 5.41 Å². The topological polar surface area (TPSA) is 38.9 Å². The summed E-state index contributed by atoms with van der Waals surface area (Å²) in [4.78, 5) is 8.96. The molecule has 0 bridgehead atoms. The van der Waals surface area contributed by atoms with E-state index >= 15 is 0 Å². The summed E-state index contributed by atoms with van der Waals surface area (Å²) in [5.41, 5.74) is 6.09. The van der Waals surface area contributed by atoms with Gasteiger partial charge < -0.3 is 14.4 Å². The Morgan fingerprint density at radius 1 is 0.578 bits per heavy atom. The van der Waals surface area contributed by atoms with Crippen LogP contribution in [0.1, 0.15) is 73.3 Å². The molecule has 1 radical (unpaired) electrons. The molecule has 319 valence electrons. The van der Waals surface area contributed by atoms with Crippen LogP contribution < -0.4 is 0 Å². The van der Waals surface area contributed by atoms with E-state index in [2.05, 4.69) is 22.1 Å². The average molecular weight is 1020 g/mol. The summed E-state index contributed by atoms with van der Waals surface area (Å²) in [7, 11) is 0. The summed E-state index contributed by atoms with van der Waals surface area (Å²) in [6.45, 7) is -2.85. The van der Waals surface area contributed by atoms with Gasteiger partial charge in [-0.2, -0.15) is 0 Å². The third-order valence-corrected chi connectivity index (χ3v) is 10.9. The van der Waals surface area contributed by atoms with Gasteiger partial charge in [0.1, 0.15) is 5.58 Å². The van der Waals surface area contributed by atoms with Gasteiger partial charge in [0.25, 0.3) is 0 Å². The fourth-order valence-corrected chi connectivity index (χ4v) is 7.83. The smallest absolute Gasteiger partial charge is 0.128 e. The van der Waals surface area contributed by atoms with E-state index in [1.165, 1.54) is 30.5 Å². The van der Waals surface area contributed by atoms with Gasteiger partial charge in [-0.1, -0.05) is 171 Å². The van der Waals surface area contributed by atoms with E-state index in [1.807, 2.05) is 113 Å². The van der Waals surface area contributed by atoms with Gasteiger partial charge in [-0.05, 0) is 106 Å². The van der Waals surface area contributed by atoms with Crippen LogP contribution in [-0.2, 0) is 26.5 Å². The molecule has 3 nitrogen and oxygen atoms in total. The van der Waals surface area contributed by atoms with Crippen molar-refractivity contribution in [2.75, 3.05) is 0 Å². The first kappa shape index (κ1) is 29.8. The minimum atomic E-state index is -2.72. The quantitative estimate of drug-likeness (QED) is 0.156. The van der Waals surface area contributed by atoms with Crippen molar-refractivity contribution in [1.29, 1.82) is 0 Å². The zero-order valence-electron chi connectivity index (χ0n) is 49.6. The van der Waals surface area contributed by atoms with E-state index < -0.39 is 39.2 Å². The maximum atomic E-state index is 8.48. The standard InChI is InChI=1S/C37H28NO.C23H24N.Ir/c1-22-12-14-27(15-13-22)32-18-24(3)33(19-23(32)2)34-20-35(38-21-25(34)4)31-11-7-10-29-30-17-16-26-8-5-6-9-28(26)36(30)39-37(29)31;1-17-10-12-20(14-21(17)19-8-6-5-7-9-19)22-13-11-18(16-24-22)15-23(2,3)4;/h5-10,12-21H,1-4H3;5-11,13-14,16H,15H2,1-4H3;/q2*-1;/i2D3,3D3,4D3;1D3,15D2;. The SMILES string of the molecule is [2H]C([2H])([2H])c1c[c-]c(-c2ccc(C([2H])([2H])C(C)(C)C)cn2)cc1-c1ccccc1.[2H]C([2H])([2H])c1cc(-c2cc(-c3[c-]ccc4c3oc3c5ccccc5ccc43)ncc2C([2H])([2H])[2H])c(C([2H])([2H])[2H])cc1-c1ccc(C)cc1.[Ir]. The Morgan fingerprint density at radius 3 is 2.00 bits per heavy atom. The van der Waals surface area contributed by atoms with Crippen molar-refractivity contribution in [3.8, 4) is 55.9 Å². The van der Waals surface area contributed by atoms with Crippen molar-refractivity contribution in [3.05, 3.63) is 203 Å². The fraction of sp³-hybridized carbons (Fsp3) is 0.167. The van der Waals surface area contributed by atoms with Crippen LogP contribution in [0.15, 0.2) is 162 Å². The van der Waals surface area contributed by atoms with Gasteiger partial charge in [-0.25, -0.2) is 0 Å². The second-order valence-electron chi connectivity index (χ2n) is 16.6. The maximum Gasteiger partial charge on any atom is 0.128 e. The number of hydrogen-bond donors (Lipinski definition) is 0. The van der Waals surface area contributed by atoms with Gasteiger partial charge in [0.2, 0.25) is 0 Å². The van der Waals surface area contributed by atoms with Crippen LogP contribution in [0.3, 0.4) is 0 Å². The van der Waals surface area contributed by atoms with Crippen LogP contribution in [0.4, 0.5) is 0 Å². The molecule has 0 aliphatic carbocycles. The predicted octanol–water partition coefficient (Wildman–Crippen LogP) is 16.3. The number of pyridine rings is 2. The van der Waals surface area contributed by atoms with E-state index in [4.69, 9.17) is 23.6 Å². The van der Waals surface area contributed by atoms with Crippen molar-refractivity contribution < 1.29 is 43.7 Å². The number of hydrogen-bond acceptors (Lipinski definition) is 3. The molecule has 3 heterocycles. The molecule has 0 amide bonds. The van der Waals surface area contributed by atoms with E-state index in [0.29, 0.717) is 50.4 Å². The van der Waals surface area contributed by atoms with Gasteiger partial charge in [-0.15, -0.1) is 47.5 Å². The Hall–Kier alpha value is -6.45. The van der Waals surface area contributed by atoms with Crippen LogP contribution in [0.2, 0.25) is 0 Å². The van der Waals surface area contributed by atoms with Gasteiger partial charge in [0.15, 0.2) is 0 Å². The van der Waals surface area contributed by atoms with E-state index in [9.17, 15) is 0 Å². The first-order valence-corrected chi connectivity index (χ1v) is 20.6. The first-order chi connectivity index (χ1) is 36.0. The van der Waals surface area contributed by atoms with Gasteiger partial charge in [-0.3, -0.25) is 0 Å². The van der Waals surface area contributed by atoms with Gasteiger partial charge in [0, 0.05) is 62.5 Å². The number of aromatic nitrogens is 2. The number of rotatable bonds is 6. The number of benzene rings is 7. The molecule has 10 aromatic rings. The van der Waals surface area contributed by atoms with E-state index in [0.717, 1.165) is 32.7 Å². The number of aryl methyl sites for hydroxylation is 5. The molecule has 10 rings (SSSR count). The summed E-state index contributed by atoms with van der Waals surface area (Å²) in [6.07, 6.45) is 1.23. The second-order valence-corrected chi connectivity index (χ2v) is 16.6. The Bertz CT molecular complexity index is 3820. The van der Waals surface area contributed by atoms with Crippen LogP contribution >= 0.6 is 0 Å². The molecule has 0 atom stereocenters. The normalized spacial score (nSPS) is 15.6. The summed E-state index contributed by atoms with van der Waals surface area (Å²) in [5.74, 6) is 0. The van der Waals surface area contributed by atoms with Crippen molar-refractivity contribution in [3.63, 3.8) is 0 Å². The summed E-state index contributed by atoms with van der Waals surface area (Å²) in [6, 6.07) is 49.2. The maximum absolute atomic E-state index is 8.48. The molecule has 3 aromatic heterocycles. The number of fused-ring (bicyclic) bond motifs is 5. The number of nitrogens with zero attached hydrogens (tertiary/aromatic N) is 2. The Kier molecular flexibility index (Phi) is 8.55. The van der Waals surface area contributed by atoms with Crippen LogP contribution in [0.5, 0.6) is 0 Å². The molecule has 64 heavy (non-hydrogen) atoms. The molecule has 7 aromatic carbocycles. The van der Waals surface area contributed by atoms with Crippen molar-refractivity contribution >= 4 is 32.7 Å². The van der Waals surface area contributed by atoms with Crippen molar-refractivity contribution in [2.45, 2.75) is 61.5 Å². The monoisotopic (exact) mass is 1020 g/mol. The van der Waals surface area contributed by atoms with Crippen LogP contribution in [-0.4, -0.2) is 9.97 Å². The Labute approximate surface area is 411 Å². The molecule has 0 aliphatic heterocycles.